The third-order valence-corrected chi connectivity index (χ3v) is 3.81. The van der Waals surface area contributed by atoms with E-state index >= 15 is 0 Å². The molecule has 0 aromatic heterocycles. The van der Waals surface area contributed by atoms with Crippen LogP contribution in [0.4, 0.5) is 0 Å². The molecule has 80 valence electrons. The fourth-order valence-corrected chi connectivity index (χ4v) is 2.45. The van der Waals surface area contributed by atoms with Crippen molar-refractivity contribution in [2.75, 3.05) is 0 Å². The van der Waals surface area contributed by atoms with Crippen molar-refractivity contribution in [1.29, 1.82) is 0 Å². The minimum absolute atomic E-state index is 0.331. The minimum atomic E-state index is 0.331. The molecular weight excluding hydrogens is 174 g/mol. The van der Waals surface area contributed by atoms with Crippen molar-refractivity contribution in [2.45, 2.75) is 57.9 Å². The fourth-order valence-electron chi connectivity index (χ4n) is 2.45. The van der Waals surface area contributed by atoms with Gasteiger partial charge in [0.05, 0.1) is 6.04 Å². The number of nitrogens with two attached hydrogens (primary N) is 1. The molecule has 0 amide bonds. The molecule has 0 heterocycles. The van der Waals surface area contributed by atoms with Crippen LogP contribution in [0.25, 0.3) is 0 Å². The molecule has 0 aromatic rings. The van der Waals surface area contributed by atoms with Crippen molar-refractivity contribution in [2.24, 2.45) is 16.3 Å². The number of hydrazine groups is 1. The lowest BCUT2D eigenvalue weighted by molar-refractivity contribution is 0.612. The smallest absolute Gasteiger partial charge is 0.117 e. The van der Waals surface area contributed by atoms with E-state index in [0.29, 0.717) is 11.5 Å². The van der Waals surface area contributed by atoms with Crippen molar-refractivity contribution in [3.63, 3.8) is 0 Å². The monoisotopic (exact) mass is 195 g/mol. The first-order valence-electron chi connectivity index (χ1n) is 5.85. The number of nitrogens with one attached hydrogen (secondary N) is 1. The van der Waals surface area contributed by atoms with Crippen LogP contribution in [0, 0.1) is 5.41 Å². The van der Waals surface area contributed by atoms with Gasteiger partial charge in [0.2, 0.25) is 0 Å². The molecule has 2 fully saturated rings. The summed E-state index contributed by atoms with van der Waals surface area (Å²) in [5.74, 6) is 6.65. The Hall–Kier alpha value is -0.570. The molecule has 3 nitrogen and oxygen atoms in total. The van der Waals surface area contributed by atoms with Crippen LogP contribution in [0.15, 0.2) is 4.99 Å². The minimum Gasteiger partial charge on any atom is -0.312 e. The lowest BCUT2D eigenvalue weighted by Crippen LogP contribution is -2.38. The largest absolute Gasteiger partial charge is 0.312 e. The third kappa shape index (κ3) is 1.78. The molecule has 0 radical (unpaired) electrons. The van der Waals surface area contributed by atoms with Crippen LogP contribution in [0.5, 0.6) is 0 Å². The second kappa shape index (κ2) is 3.89. The molecule has 0 aromatic carbocycles. The Bertz CT molecular complexity index is 225. The molecule has 3 N–H and O–H groups in total. The number of amidine groups is 1. The summed E-state index contributed by atoms with van der Waals surface area (Å²) >= 11 is 0. The van der Waals surface area contributed by atoms with Gasteiger partial charge in [-0.25, -0.2) is 5.84 Å². The molecular formula is C11H21N3. The standard InChI is InChI=1S/C11H21N3/c1-2-11(7-8-11)10(14-12)13-9-5-3-4-6-9/h9H,2-8,12H2,1H3,(H,13,14). The molecule has 2 saturated carbocycles. The van der Waals surface area contributed by atoms with Crippen molar-refractivity contribution in [3.05, 3.63) is 0 Å². The van der Waals surface area contributed by atoms with Crippen LogP contribution < -0.4 is 11.3 Å². The summed E-state index contributed by atoms with van der Waals surface area (Å²) < 4.78 is 0. The topological polar surface area (TPSA) is 50.4 Å². The maximum absolute atomic E-state index is 5.57. The molecule has 0 unspecified atom stereocenters. The van der Waals surface area contributed by atoms with Gasteiger partial charge in [-0.05, 0) is 32.1 Å². The van der Waals surface area contributed by atoms with Crippen LogP contribution in [0.2, 0.25) is 0 Å². The first kappa shape index (κ1) is 9.97. The molecule has 0 saturated heterocycles. The van der Waals surface area contributed by atoms with Crippen molar-refractivity contribution < 1.29 is 0 Å². The second-order valence-electron chi connectivity index (χ2n) is 4.69. The highest BCUT2D eigenvalue weighted by Gasteiger charge is 2.46. The van der Waals surface area contributed by atoms with Gasteiger partial charge in [0.25, 0.3) is 0 Å². The van der Waals surface area contributed by atoms with Gasteiger partial charge in [-0.3, -0.25) is 4.99 Å². The van der Waals surface area contributed by atoms with Crippen LogP contribution in [0.3, 0.4) is 0 Å². The first-order chi connectivity index (χ1) is 6.80. The van der Waals surface area contributed by atoms with Crippen molar-refractivity contribution in [3.8, 4) is 0 Å². The Kier molecular flexibility index (Phi) is 2.77. The quantitative estimate of drug-likeness (QED) is 0.313. The zero-order chi connectivity index (χ0) is 10.0. The summed E-state index contributed by atoms with van der Waals surface area (Å²) in [5.41, 5.74) is 3.16. The lowest BCUT2D eigenvalue weighted by atomic mass is 10.0. The summed E-state index contributed by atoms with van der Waals surface area (Å²) in [6.07, 6.45) is 8.88. The van der Waals surface area contributed by atoms with Crippen molar-refractivity contribution in [1.82, 2.24) is 5.43 Å². The summed E-state index contributed by atoms with van der Waals surface area (Å²) in [5, 5.41) is 0. The van der Waals surface area contributed by atoms with E-state index in [1.54, 1.807) is 0 Å². The predicted octanol–water partition coefficient (Wildman–Crippen LogP) is 1.98. The van der Waals surface area contributed by atoms with E-state index < -0.39 is 0 Å². The number of rotatable bonds is 3. The van der Waals surface area contributed by atoms with E-state index in [1.807, 2.05) is 0 Å². The van der Waals surface area contributed by atoms with Crippen LogP contribution in [-0.2, 0) is 0 Å². The molecule has 0 bridgehead atoms. The molecule has 0 spiro atoms. The number of nitrogens with zero attached hydrogens (tertiary/aromatic N) is 1. The Morgan fingerprint density at radius 1 is 1.43 bits per heavy atom. The maximum atomic E-state index is 5.57. The average Bonchev–Trinajstić information content (AvgIpc) is 2.85. The summed E-state index contributed by atoms with van der Waals surface area (Å²) in [7, 11) is 0. The number of aliphatic imine (C=N–C) groups is 1. The molecule has 14 heavy (non-hydrogen) atoms. The summed E-state index contributed by atoms with van der Waals surface area (Å²) in [6.45, 7) is 2.23. The van der Waals surface area contributed by atoms with E-state index in [0.717, 1.165) is 5.84 Å². The van der Waals surface area contributed by atoms with Gasteiger partial charge in [0, 0.05) is 5.41 Å². The van der Waals surface area contributed by atoms with Gasteiger partial charge in [-0.1, -0.05) is 19.8 Å². The molecule has 2 aliphatic rings. The average molecular weight is 195 g/mol. The highest BCUT2D eigenvalue weighted by Crippen LogP contribution is 2.49. The van der Waals surface area contributed by atoms with Crippen LogP contribution in [-0.4, -0.2) is 11.9 Å². The van der Waals surface area contributed by atoms with E-state index in [2.05, 4.69) is 12.3 Å². The molecule has 2 aliphatic carbocycles. The predicted molar refractivity (Wildman–Crippen MR) is 59.0 cm³/mol. The van der Waals surface area contributed by atoms with Gasteiger partial charge < -0.3 is 5.43 Å². The van der Waals surface area contributed by atoms with E-state index in [-0.39, 0.29) is 0 Å². The Balaban J connectivity index is 2.04. The second-order valence-corrected chi connectivity index (χ2v) is 4.69. The fraction of sp³-hybridized carbons (Fsp3) is 0.909. The van der Waals surface area contributed by atoms with Gasteiger partial charge in [0.1, 0.15) is 5.84 Å². The van der Waals surface area contributed by atoms with Gasteiger partial charge >= 0.3 is 0 Å². The molecule has 2 rings (SSSR count). The summed E-state index contributed by atoms with van der Waals surface area (Å²) in [6, 6.07) is 0.546. The highest BCUT2D eigenvalue weighted by atomic mass is 15.3. The van der Waals surface area contributed by atoms with E-state index in [9.17, 15) is 0 Å². The normalized spacial score (nSPS) is 26.6. The Morgan fingerprint density at radius 3 is 2.50 bits per heavy atom. The SMILES string of the molecule is CCC1(C(=NC2CCCC2)NN)CC1. The first-order valence-corrected chi connectivity index (χ1v) is 5.85. The zero-order valence-corrected chi connectivity index (χ0v) is 9.05. The third-order valence-electron chi connectivity index (χ3n) is 3.81. The van der Waals surface area contributed by atoms with Crippen LogP contribution in [0.1, 0.15) is 51.9 Å². The molecule has 0 aliphatic heterocycles. The highest BCUT2D eigenvalue weighted by molar-refractivity contribution is 5.90. The Morgan fingerprint density at radius 2 is 2.07 bits per heavy atom. The zero-order valence-electron chi connectivity index (χ0n) is 9.05. The van der Waals surface area contributed by atoms with Gasteiger partial charge in [0.15, 0.2) is 0 Å². The maximum Gasteiger partial charge on any atom is 0.117 e. The molecule has 0 atom stereocenters. The van der Waals surface area contributed by atoms with Crippen molar-refractivity contribution >= 4 is 5.84 Å². The van der Waals surface area contributed by atoms with Gasteiger partial charge in [-0.15, -0.1) is 0 Å². The number of hydrogen-bond donors (Lipinski definition) is 2. The molecule has 3 heteroatoms. The van der Waals surface area contributed by atoms with E-state index in [1.165, 1.54) is 44.9 Å². The van der Waals surface area contributed by atoms with E-state index in [4.69, 9.17) is 10.8 Å². The Labute approximate surface area is 86.1 Å². The summed E-state index contributed by atoms with van der Waals surface area (Å²) in [4.78, 5) is 4.78. The van der Waals surface area contributed by atoms with Gasteiger partial charge in [-0.2, -0.15) is 0 Å². The van der Waals surface area contributed by atoms with Crippen LogP contribution >= 0.6 is 0 Å². The number of hydrogen-bond acceptors (Lipinski definition) is 2. The lowest BCUT2D eigenvalue weighted by Gasteiger charge is -2.17.